The second-order valence-electron chi connectivity index (χ2n) is 9.99. The minimum Gasteiger partial charge on any atom is -0.465 e. The number of carbonyl (C=O) groups excluding carboxylic acids is 2. The molecule has 0 aliphatic rings. The van der Waals surface area contributed by atoms with Crippen molar-refractivity contribution in [3.63, 3.8) is 0 Å². The maximum absolute atomic E-state index is 13.1. The van der Waals surface area contributed by atoms with E-state index in [0.717, 1.165) is 24.9 Å². The molecule has 1 unspecified atom stereocenters. The SMILES string of the molecule is CCCCCCCN(C)C(C)(C)CCN(C(=O)CC)C(C)(CC)c1ccc(C(=O)OC)cc1. The van der Waals surface area contributed by atoms with Gasteiger partial charge in [-0.3, -0.25) is 4.79 Å². The molecule has 33 heavy (non-hydrogen) atoms. The Labute approximate surface area is 202 Å². The molecule has 1 aromatic carbocycles. The zero-order chi connectivity index (χ0) is 25.1. The van der Waals surface area contributed by atoms with Gasteiger partial charge >= 0.3 is 5.97 Å². The Hall–Kier alpha value is -1.88. The van der Waals surface area contributed by atoms with E-state index in [9.17, 15) is 9.59 Å². The fraction of sp³-hybridized carbons (Fsp3) is 0.714. The topological polar surface area (TPSA) is 49.9 Å². The Morgan fingerprint density at radius 1 is 0.909 bits per heavy atom. The lowest BCUT2D eigenvalue weighted by Crippen LogP contribution is -2.51. The van der Waals surface area contributed by atoms with Crippen LogP contribution < -0.4 is 0 Å². The van der Waals surface area contributed by atoms with Crippen LogP contribution in [0.4, 0.5) is 0 Å². The maximum atomic E-state index is 13.1. The lowest BCUT2D eigenvalue weighted by molar-refractivity contribution is -0.138. The van der Waals surface area contributed by atoms with Crippen molar-refractivity contribution in [2.45, 2.75) is 104 Å². The van der Waals surface area contributed by atoms with Crippen LogP contribution in [0.2, 0.25) is 0 Å². The zero-order valence-corrected chi connectivity index (χ0v) is 22.5. The molecule has 0 heterocycles. The molecule has 5 heteroatoms. The van der Waals surface area contributed by atoms with Crippen LogP contribution in [0.5, 0.6) is 0 Å². The largest absolute Gasteiger partial charge is 0.465 e. The van der Waals surface area contributed by atoms with Crippen LogP contribution in [0.15, 0.2) is 24.3 Å². The van der Waals surface area contributed by atoms with Gasteiger partial charge in [0, 0.05) is 18.5 Å². The van der Waals surface area contributed by atoms with Crippen molar-refractivity contribution >= 4 is 11.9 Å². The van der Waals surface area contributed by atoms with Crippen LogP contribution in [0, 0.1) is 0 Å². The fourth-order valence-electron chi connectivity index (χ4n) is 4.30. The van der Waals surface area contributed by atoms with Crippen LogP contribution in [-0.2, 0) is 15.1 Å². The number of nitrogens with zero attached hydrogens (tertiary/aromatic N) is 2. The van der Waals surface area contributed by atoms with Crippen LogP contribution >= 0.6 is 0 Å². The van der Waals surface area contributed by atoms with Gasteiger partial charge in [-0.25, -0.2) is 4.79 Å². The van der Waals surface area contributed by atoms with E-state index < -0.39 is 5.54 Å². The van der Waals surface area contributed by atoms with Gasteiger partial charge in [-0.1, -0.05) is 58.6 Å². The predicted octanol–water partition coefficient (Wildman–Crippen LogP) is 6.41. The summed E-state index contributed by atoms with van der Waals surface area (Å²) < 4.78 is 4.83. The molecule has 0 aromatic heterocycles. The first-order valence-corrected chi connectivity index (χ1v) is 12.8. The Morgan fingerprint density at radius 3 is 2.03 bits per heavy atom. The van der Waals surface area contributed by atoms with Gasteiger partial charge in [-0.15, -0.1) is 0 Å². The van der Waals surface area contributed by atoms with Crippen molar-refractivity contribution in [1.82, 2.24) is 9.80 Å². The Balaban J connectivity index is 2.98. The Morgan fingerprint density at radius 2 is 1.52 bits per heavy atom. The number of carbonyl (C=O) groups is 2. The number of benzene rings is 1. The second-order valence-corrected chi connectivity index (χ2v) is 9.99. The van der Waals surface area contributed by atoms with Gasteiger partial charge in [-0.05, 0) is 71.3 Å². The first-order chi connectivity index (χ1) is 15.6. The van der Waals surface area contributed by atoms with Gasteiger partial charge in [0.25, 0.3) is 0 Å². The number of ether oxygens (including phenoxy) is 1. The molecule has 0 radical (unpaired) electrons. The third-order valence-corrected chi connectivity index (χ3v) is 7.39. The zero-order valence-electron chi connectivity index (χ0n) is 22.5. The standard InChI is InChI=1S/C28H48N2O3/c1-9-12-13-14-15-21-29(7)27(4,5)20-22-30(25(31)10-2)28(6,11-3)24-18-16-23(17-19-24)26(32)33-8/h16-19H,9-15,20-22H2,1-8H3. The van der Waals surface area contributed by atoms with E-state index in [1.807, 2.05) is 19.1 Å². The van der Waals surface area contributed by atoms with E-state index in [1.54, 1.807) is 12.1 Å². The first-order valence-electron chi connectivity index (χ1n) is 12.8. The third-order valence-electron chi connectivity index (χ3n) is 7.39. The number of methoxy groups -OCH3 is 1. The van der Waals surface area contributed by atoms with E-state index in [1.165, 1.54) is 39.2 Å². The van der Waals surface area contributed by atoms with E-state index in [0.29, 0.717) is 18.5 Å². The summed E-state index contributed by atoms with van der Waals surface area (Å²) in [5, 5.41) is 0. The molecule has 1 amide bonds. The van der Waals surface area contributed by atoms with Crippen molar-refractivity contribution < 1.29 is 14.3 Å². The molecule has 0 spiro atoms. The molecule has 1 atom stereocenters. The average molecular weight is 461 g/mol. The number of esters is 1. The highest BCUT2D eigenvalue weighted by Gasteiger charge is 2.36. The molecule has 0 bridgehead atoms. The maximum Gasteiger partial charge on any atom is 0.337 e. The van der Waals surface area contributed by atoms with Crippen molar-refractivity contribution in [3.8, 4) is 0 Å². The molecule has 0 saturated carbocycles. The van der Waals surface area contributed by atoms with Crippen molar-refractivity contribution in [1.29, 1.82) is 0 Å². The molecule has 0 saturated heterocycles. The molecular formula is C28H48N2O3. The van der Waals surface area contributed by atoms with Crippen LogP contribution in [-0.4, -0.2) is 54.5 Å². The summed E-state index contributed by atoms with van der Waals surface area (Å²) >= 11 is 0. The summed E-state index contributed by atoms with van der Waals surface area (Å²) in [6.45, 7) is 14.8. The number of rotatable bonds is 15. The number of hydrogen-bond acceptors (Lipinski definition) is 4. The van der Waals surface area contributed by atoms with Gasteiger partial charge in [0.15, 0.2) is 0 Å². The Bertz CT molecular complexity index is 729. The van der Waals surface area contributed by atoms with E-state index in [2.05, 4.69) is 51.5 Å². The van der Waals surface area contributed by atoms with Gasteiger partial charge in [0.1, 0.15) is 0 Å². The highest BCUT2D eigenvalue weighted by Crippen LogP contribution is 2.34. The highest BCUT2D eigenvalue weighted by molar-refractivity contribution is 5.89. The number of amides is 1. The molecule has 1 rings (SSSR count). The predicted molar refractivity (Wildman–Crippen MR) is 138 cm³/mol. The van der Waals surface area contributed by atoms with Crippen molar-refractivity contribution in [2.24, 2.45) is 0 Å². The van der Waals surface area contributed by atoms with E-state index in [4.69, 9.17) is 4.74 Å². The molecule has 0 aliphatic carbocycles. The first kappa shape index (κ1) is 29.2. The molecule has 0 fully saturated rings. The summed E-state index contributed by atoms with van der Waals surface area (Å²) in [4.78, 5) is 29.5. The minimum atomic E-state index is -0.434. The molecule has 188 valence electrons. The van der Waals surface area contributed by atoms with E-state index in [-0.39, 0.29) is 17.4 Å². The highest BCUT2D eigenvalue weighted by atomic mass is 16.5. The van der Waals surface area contributed by atoms with Gasteiger partial charge in [0.05, 0.1) is 18.2 Å². The molecule has 0 aliphatic heterocycles. The summed E-state index contributed by atoms with van der Waals surface area (Å²) in [5.41, 5.74) is 1.13. The van der Waals surface area contributed by atoms with Crippen LogP contribution in [0.25, 0.3) is 0 Å². The number of hydrogen-bond donors (Lipinski definition) is 0. The van der Waals surface area contributed by atoms with E-state index >= 15 is 0 Å². The molecule has 5 nitrogen and oxygen atoms in total. The van der Waals surface area contributed by atoms with Crippen LogP contribution in [0.3, 0.4) is 0 Å². The smallest absolute Gasteiger partial charge is 0.337 e. The van der Waals surface area contributed by atoms with Crippen molar-refractivity contribution in [3.05, 3.63) is 35.4 Å². The lowest BCUT2D eigenvalue weighted by Gasteiger charge is -2.44. The molecule has 1 aromatic rings. The monoisotopic (exact) mass is 460 g/mol. The molecular weight excluding hydrogens is 412 g/mol. The summed E-state index contributed by atoms with van der Waals surface area (Å²) in [6.07, 6.45) is 8.57. The van der Waals surface area contributed by atoms with Gasteiger partial charge in [-0.2, -0.15) is 0 Å². The summed E-state index contributed by atoms with van der Waals surface area (Å²) in [6, 6.07) is 7.50. The Kier molecular flexibility index (Phi) is 12.1. The summed E-state index contributed by atoms with van der Waals surface area (Å²) in [5.74, 6) is -0.185. The quantitative estimate of drug-likeness (QED) is 0.224. The van der Waals surface area contributed by atoms with Crippen LogP contribution in [0.1, 0.15) is 109 Å². The average Bonchev–Trinajstić information content (AvgIpc) is 2.82. The second kappa shape index (κ2) is 13.7. The van der Waals surface area contributed by atoms with Gasteiger partial charge in [0.2, 0.25) is 5.91 Å². The summed E-state index contributed by atoms with van der Waals surface area (Å²) in [7, 11) is 3.59. The van der Waals surface area contributed by atoms with Gasteiger partial charge < -0.3 is 14.5 Å². The third kappa shape index (κ3) is 8.13. The minimum absolute atomic E-state index is 0.000417. The number of unbranched alkanes of at least 4 members (excludes halogenated alkanes) is 4. The normalized spacial score (nSPS) is 13.6. The molecule has 0 N–H and O–H groups in total. The lowest BCUT2D eigenvalue weighted by atomic mass is 9.85. The fourth-order valence-corrected chi connectivity index (χ4v) is 4.30. The van der Waals surface area contributed by atoms with Crippen molar-refractivity contribution in [2.75, 3.05) is 27.2 Å².